The third-order valence-electron chi connectivity index (χ3n) is 7.47. The SMILES string of the molecule is CCCCOc1ccc(NC(=O)N(CCn2nc(-c3ccncc3)nc2-c2ccc(OC)c(Cl)c2)C2CCCC2)cc1. The first-order valence-electron chi connectivity index (χ1n) is 14.6. The van der Waals surface area contributed by atoms with Gasteiger partial charge in [-0.25, -0.2) is 14.5 Å². The van der Waals surface area contributed by atoms with Crippen molar-refractivity contribution >= 4 is 23.3 Å². The normalized spacial score (nSPS) is 13.2. The van der Waals surface area contributed by atoms with Crippen molar-refractivity contribution in [2.24, 2.45) is 0 Å². The zero-order valence-corrected chi connectivity index (χ0v) is 24.9. The van der Waals surface area contributed by atoms with Gasteiger partial charge in [-0.2, -0.15) is 5.10 Å². The third-order valence-corrected chi connectivity index (χ3v) is 7.77. The molecule has 220 valence electrons. The highest BCUT2D eigenvalue weighted by atomic mass is 35.5. The van der Waals surface area contributed by atoms with Crippen LogP contribution in [-0.4, -0.2) is 57.0 Å². The van der Waals surface area contributed by atoms with Crippen molar-refractivity contribution < 1.29 is 14.3 Å². The Balaban J connectivity index is 1.36. The summed E-state index contributed by atoms with van der Waals surface area (Å²) in [6.07, 6.45) is 9.73. The van der Waals surface area contributed by atoms with Crippen molar-refractivity contribution in [3.05, 3.63) is 72.0 Å². The largest absolute Gasteiger partial charge is 0.495 e. The fraction of sp³-hybridized carbons (Fsp3) is 0.375. The van der Waals surface area contributed by atoms with E-state index in [4.69, 9.17) is 31.2 Å². The zero-order valence-electron chi connectivity index (χ0n) is 24.1. The molecular weight excluding hydrogens is 552 g/mol. The van der Waals surface area contributed by atoms with Crippen LogP contribution < -0.4 is 14.8 Å². The molecule has 0 radical (unpaired) electrons. The number of unbranched alkanes of at least 4 members (excludes halogenated alkanes) is 1. The van der Waals surface area contributed by atoms with Gasteiger partial charge in [0.1, 0.15) is 11.5 Å². The lowest BCUT2D eigenvalue weighted by atomic mass is 10.2. The van der Waals surface area contributed by atoms with E-state index in [-0.39, 0.29) is 12.1 Å². The Labute approximate surface area is 251 Å². The summed E-state index contributed by atoms with van der Waals surface area (Å²) in [5, 5.41) is 8.43. The van der Waals surface area contributed by atoms with Gasteiger partial charge in [-0.1, -0.05) is 37.8 Å². The summed E-state index contributed by atoms with van der Waals surface area (Å²) >= 11 is 6.47. The molecule has 9 nitrogen and oxygen atoms in total. The molecule has 2 heterocycles. The van der Waals surface area contributed by atoms with E-state index in [0.717, 1.165) is 61.1 Å². The second kappa shape index (κ2) is 14.2. The first kappa shape index (κ1) is 29.4. The summed E-state index contributed by atoms with van der Waals surface area (Å²) in [4.78, 5) is 24.5. The number of aromatic nitrogens is 4. The Hall–Kier alpha value is -4.11. The first-order valence-corrected chi connectivity index (χ1v) is 14.9. The molecule has 0 unspecified atom stereocenters. The van der Waals surface area contributed by atoms with Gasteiger partial charge in [0.05, 0.1) is 25.3 Å². The monoisotopic (exact) mass is 588 g/mol. The van der Waals surface area contributed by atoms with Crippen molar-refractivity contribution in [2.45, 2.75) is 58.0 Å². The number of hydrogen-bond donors (Lipinski definition) is 1. The maximum Gasteiger partial charge on any atom is 0.322 e. The molecule has 42 heavy (non-hydrogen) atoms. The van der Waals surface area contributed by atoms with Crippen LogP contribution in [-0.2, 0) is 6.54 Å². The molecule has 4 aromatic rings. The third kappa shape index (κ3) is 7.20. The number of benzene rings is 2. The van der Waals surface area contributed by atoms with Crippen LogP contribution in [0.15, 0.2) is 67.0 Å². The number of hydrogen-bond acceptors (Lipinski definition) is 6. The van der Waals surface area contributed by atoms with Gasteiger partial charge in [0, 0.05) is 41.8 Å². The number of pyridine rings is 1. The van der Waals surface area contributed by atoms with Gasteiger partial charge >= 0.3 is 6.03 Å². The van der Waals surface area contributed by atoms with E-state index in [0.29, 0.717) is 42.1 Å². The van der Waals surface area contributed by atoms with Crippen LogP contribution in [0.5, 0.6) is 11.5 Å². The highest BCUT2D eigenvalue weighted by Crippen LogP contribution is 2.31. The zero-order chi connectivity index (χ0) is 29.3. The Morgan fingerprint density at radius 3 is 2.52 bits per heavy atom. The number of halogens is 1. The molecule has 2 amide bonds. The molecular formula is C32H37ClN6O3. The lowest BCUT2D eigenvalue weighted by molar-refractivity contribution is 0.184. The summed E-state index contributed by atoms with van der Waals surface area (Å²) in [5.41, 5.74) is 2.41. The number of urea groups is 1. The highest BCUT2D eigenvalue weighted by Gasteiger charge is 2.27. The average Bonchev–Trinajstić information content (AvgIpc) is 3.70. The molecule has 5 rings (SSSR count). The second-order valence-electron chi connectivity index (χ2n) is 10.4. The predicted octanol–water partition coefficient (Wildman–Crippen LogP) is 7.32. The van der Waals surface area contributed by atoms with Crippen molar-refractivity contribution in [3.63, 3.8) is 0 Å². The fourth-order valence-electron chi connectivity index (χ4n) is 5.17. The van der Waals surface area contributed by atoms with Crippen LogP contribution in [0.3, 0.4) is 0 Å². The maximum absolute atomic E-state index is 13.6. The van der Waals surface area contributed by atoms with Crippen molar-refractivity contribution in [2.75, 3.05) is 25.6 Å². The number of methoxy groups -OCH3 is 1. The average molecular weight is 589 g/mol. The molecule has 1 fully saturated rings. The van der Waals surface area contributed by atoms with E-state index in [9.17, 15) is 4.79 Å². The van der Waals surface area contributed by atoms with E-state index < -0.39 is 0 Å². The summed E-state index contributed by atoms with van der Waals surface area (Å²) in [7, 11) is 1.59. The summed E-state index contributed by atoms with van der Waals surface area (Å²) < 4.78 is 13.0. The van der Waals surface area contributed by atoms with Gasteiger partial charge in [-0.05, 0) is 73.9 Å². The fourth-order valence-corrected chi connectivity index (χ4v) is 5.43. The van der Waals surface area contributed by atoms with E-state index >= 15 is 0 Å². The molecule has 2 aromatic heterocycles. The number of amides is 2. The number of carbonyl (C=O) groups excluding carboxylic acids is 1. The molecule has 0 atom stereocenters. The maximum atomic E-state index is 13.6. The number of rotatable bonds is 12. The molecule has 1 aliphatic rings. The predicted molar refractivity (Wildman–Crippen MR) is 165 cm³/mol. The molecule has 10 heteroatoms. The van der Waals surface area contributed by atoms with Gasteiger partial charge < -0.3 is 19.7 Å². The topological polar surface area (TPSA) is 94.4 Å². The number of ether oxygens (including phenoxy) is 2. The van der Waals surface area contributed by atoms with E-state index in [1.807, 2.05) is 64.2 Å². The molecule has 1 N–H and O–H groups in total. The van der Waals surface area contributed by atoms with E-state index in [2.05, 4.69) is 17.2 Å². The van der Waals surface area contributed by atoms with Crippen LogP contribution in [0, 0.1) is 0 Å². The molecule has 1 aliphatic carbocycles. The van der Waals surface area contributed by atoms with Crippen LogP contribution in [0.25, 0.3) is 22.8 Å². The lowest BCUT2D eigenvalue weighted by Gasteiger charge is -2.29. The van der Waals surface area contributed by atoms with Gasteiger partial charge in [0.15, 0.2) is 11.6 Å². The Morgan fingerprint density at radius 2 is 1.83 bits per heavy atom. The van der Waals surface area contributed by atoms with Crippen LogP contribution in [0.4, 0.5) is 10.5 Å². The molecule has 1 saturated carbocycles. The first-order chi connectivity index (χ1) is 20.6. The van der Waals surface area contributed by atoms with E-state index in [1.54, 1.807) is 19.5 Å². The quantitative estimate of drug-likeness (QED) is 0.174. The number of nitrogens with zero attached hydrogens (tertiary/aromatic N) is 5. The lowest BCUT2D eigenvalue weighted by Crippen LogP contribution is -2.43. The molecule has 2 aromatic carbocycles. The standard InChI is InChI=1S/C32H37ClN6O3/c1-3-4-21-42-27-12-10-25(11-13-27)35-32(40)38(26-7-5-6-8-26)19-20-39-31(24-9-14-29(41-2)28(33)22-24)36-30(37-39)23-15-17-34-18-16-23/h9-18,22,26H,3-8,19-21H2,1-2H3,(H,35,40). The van der Waals surface area contributed by atoms with Crippen LogP contribution >= 0.6 is 11.6 Å². The van der Waals surface area contributed by atoms with Gasteiger partial charge in [-0.3, -0.25) is 4.98 Å². The summed E-state index contributed by atoms with van der Waals surface area (Å²) in [5.74, 6) is 2.64. The van der Waals surface area contributed by atoms with Crippen LogP contribution in [0.1, 0.15) is 45.4 Å². The Bertz CT molecular complexity index is 1460. The minimum absolute atomic E-state index is 0.120. The second-order valence-corrected chi connectivity index (χ2v) is 10.8. The minimum atomic E-state index is -0.120. The van der Waals surface area contributed by atoms with Gasteiger partial charge in [0.2, 0.25) is 0 Å². The molecule has 0 saturated heterocycles. The smallest absolute Gasteiger partial charge is 0.322 e. The molecule has 0 aliphatic heterocycles. The Kier molecular flexibility index (Phi) is 9.92. The van der Waals surface area contributed by atoms with Gasteiger partial charge in [0.25, 0.3) is 0 Å². The highest BCUT2D eigenvalue weighted by molar-refractivity contribution is 6.32. The molecule has 0 bridgehead atoms. The van der Waals surface area contributed by atoms with Gasteiger partial charge in [-0.15, -0.1) is 0 Å². The summed E-state index contributed by atoms with van der Waals surface area (Å²) in [6.45, 7) is 3.76. The van der Waals surface area contributed by atoms with Crippen LogP contribution in [0.2, 0.25) is 5.02 Å². The van der Waals surface area contributed by atoms with E-state index in [1.165, 1.54) is 0 Å². The number of carbonyl (C=O) groups is 1. The Morgan fingerprint density at radius 1 is 1.07 bits per heavy atom. The number of anilines is 1. The van der Waals surface area contributed by atoms with Crippen molar-refractivity contribution in [3.8, 4) is 34.3 Å². The molecule has 0 spiro atoms. The number of nitrogens with one attached hydrogen (secondary N) is 1. The summed E-state index contributed by atoms with van der Waals surface area (Å²) in [6, 6.07) is 16.9. The van der Waals surface area contributed by atoms with Crippen molar-refractivity contribution in [1.82, 2.24) is 24.6 Å². The van der Waals surface area contributed by atoms with Crippen molar-refractivity contribution in [1.29, 1.82) is 0 Å². The minimum Gasteiger partial charge on any atom is -0.495 e.